The van der Waals surface area contributed by atoms with Gasteiger partial charge in [-0.25, -0.2) is 4.79 Å². The van der Waals surface area contributed by atoms with E-state index in [0.29, 0.717) is 24.4 Å². The molecule has 0 radical (unpaired) electrons. The van der Waals surface area contributed by atoms with E-state index in [1.165, 1.54) is 0 Å². The SMILES string of the molecule is Cn1cc(N)cc1C(=O)OCCc1ccncc1. The van der Waals surface area contributed by atoms with Crippen molar-refractivity contribution in [2.75, 3.05) is 12.3 Å². The lowest BCUT2D eigenvalue weighted by atomic mass is 10.2. The molecule has 5 heteroatoms. The van der Waals surface area contributed by atoms with Crippen molar-refractivity contribution in [1.82, 2.24) is 9.55 Å². The maximum atomic E-state index is 11.8. The number of carbonyl (C=O) groups excluding carboxylic acids is 1. The molecule has 0 atom stereocenters. The Balaban J connectivity index is 1.87. The first kappa shape index (κ1) is 12.2. The van der Waals surface area contributed by atoms with Crippen molar-refractivity contribution in [2.45, 2.75) is 6.42 Å². The Morgan fingerprint density at radius 1 is 1.44 bits per heavy atom. The number of aryl methyl sites for hydroxylation is 1. The van der Waals surface area contributed by atoms with Gasteiger partial charge in [0.05, 0.1) is 12.3 Å². The molecule has 2 aromatic rings. The second-order valence-electron chi connectivity index (χ2n) is 4.01. The summed E-state index contributed by atoms with van der Waals surface area (Å²) < 4.78 is 6.85. The number of nitrogens with zero attached hydrogens (tertiary/aromatic N) is 2. The van der Waals surface area contributed by atoms with E-state index in [2.05, 4.69) is 4.98 Å². The van der Waals surface area contributed by atoms with Crippen LogP contribution in [0.1, 0.15) is 16.1 Å². The standard InChI is InChI=1S/C13H15N3O2/c1-16-9-11(14)8-12(16)13(17)18-7-4-10-2-5-15-6-3-10/h2-3,5-6,8-9H,4,7,14H2,1H3. The second kappa shape index (κ2) is 5.35. The van der Waals surface area contributed by atoms with Gasteiger partial charge in [0, 0.05) is 32.1 Å². The largest absolute Gasteiger partial charge is 0.461 e. The number of carbonyl (C=O) groups is 1. The Morgan fingerprint density at radius 3 is 2.78 bits per heavy atom. The zero-order valence-corrected chi connectivity index (χ0v) is 10.2. The van der Waals surface area contributed by atoms with E-state index < -0.39 is 0 Å². The summed E-state index contributed by atoms with van der Waals surface area (Å²) >= 11 is 0. The smallest absolute Gasteiger partial charge is 0.355 e. The summed E-state index contributed by atoms with van der Waals surface area (Å²) in [6.07, 6.45) is 5.79. The highest BCUT2D eigenvalue weighted by atomic mass is 16.5. The van der Waals surface area contributed by atoms with Crippen LogP contribution in [-0.4, -0.2) is 22.1 Å². The van der Waals surface area contributed by atoms with Crippen LogP contribution in [0.3, 0.4) is 0 Å². The van der Waals surface area contributed by atoms with Crippen LogP contribution in [0.2, 0.25) is 0 Å². The van der Waals surface area contributed by atoms with E-state index in [1.807, 2.05) is 12.1 Å². The fourth-order valence-electron chi connectivity index (χ4n) is 1.68. The maximum absolute atomic E-state index is 11.8. The molecule has 0 spiro atoms. The van der Waals surface area contributed by atoms with Gasteiger partial charge in [-0.2, -0.15) is 0 Å². The number of nitrogen functional groups attached to an aromatic ring is 1. The minimum atomic E-state index is -0.358. The van der Waals surface area contributed by atoms with Gasteiger partial charge in [-0.1, -0.05) is 0 Å². The van der Waals surface area contributed by atoms with Crippen molar-refractivity contribution in [3.63, 3.8) is 0 Å². The van der Waals surface area contributed by atoms with Crippen molar-refractivity contribution in [2.24, 2.45) is 7.05 Å². The molecule has 94 valence electrons. The van der Waals surface area contributed by atoms with Crippen molar-refractivity contribution >= 4 is 11.7 Å². The second-order valence-corrected chi connectivity index (χ2v) is 4.01. The number of anilines is 1. The van der Waals surface area contributed by atoms with Crippen molar-refractivity contribution in [1.29, 1.82) is 0 Å². The number of hydrogen-bond donors (Lipinski definition) is 1. The average molecular weight is 245 g/mol. The maximum Gasteiger partial charge on any atom is 0.355 e. The monoisotopic (exact) mass is 245 g/mol. The number of ether oxygens (including phenoxy) is 1. The van der Waals surface area contributed by atoms with E-state index in [1.54, 1.807) is 36.3 Å². The van der Waals surface area contributed by atoms with Crippen LogP contribution < -0.4 is 5.73 Å². The number of aromatic nitrogens is 2. The summed E-state index contributed by atoms with van der Waals surface area (Å²) in [5.41, 5.74) is 7.70. The van der Waals surface area contributed by atoms with Gasteiger partial charge < -0.3 is 15.0 Å². The molecular formula is C13H15N3O2. The van der Waals surface area contributed by atoms with Gasteiger partial charge >= 0.3 is 5.97 Å². The number of pyridine rings is 1. The average Bonchev–Trinajstić information content (AvgIpc) is 2.70. The Hall–Kier alpha value is -2.30. The number of rotatable bonds is 4. The molecule has 0 fully saturated rings. The van der Waals surface area contributed by atoms with Gasteiger partial charge in [0.25, 0.3) is 0 Å². The third kappa shape index (κ3) is 2.88. The van der Waals surface area contributed by atoms with E-state index in [-0.39, 0.29) is 5.97 Å². The van der Waals surface area contributed by atoms with Gasteiger partial charge in [-0.05, 0) is 23.8 Å². The van der Waals surface area contributed by atoms with E-state index >= 15 is 0 Å². The topological polar surface area (TPSA) is 70.1 Å². The summed E-state index contributed by atoms with van der Waals surface area (Å²) in [7, 11) is 1.76. The molecule has 0 bridgehead atoms. The summed E-state index contributed by atoms with van der Waals surface area (Å²) in [4.78, 5) is 15.7. The highest BCUT2D eigenvalue weighted by molar-refractivity contribution is 5.89. The highest BCUT2D eigenvalue weighted by Gasteiger charge is 2.11. The molecule has 0 saturated heterocycles. The van der Waals surface area contributed by atoms with Gasteiger partial charge in [-0.3, -0.25) is 4.98 Å². The van der Waals surface area contributed by atoms with E-state index in [0.717, 1.165) is 5.56 Å². The molecule has 5 nitrogen and oxygen atoms in total. The quantitative estimate of drug-likeness (QED) is 0.827. The van der Waals surface area contributed by atoms with Gasteiger partial charge in [0.2, 0.25) is 0 Å². The molecular weight excluding hydrogens is 230 g/mol. The molecule has 0 aliphatic heterocycles. The third-order valence-corrected chi connectivity index (χ3v) is 2.61. The predicted molar refractivity (Wildman–Crippen MR) is 68.0 cm³/mol. The van der Waals surface area contributed by atoms with Crippen LogP contribution in [-0.2, 0) is 18.2 Å². The summed E-state index contributed by atoms with van der Waals surface area (Å²) in [5.74, 6) is -0.358. The molecule has 0 aliphatic carbocycles. The predicted octanol–water partition coefficient (Wildman–Crippen LogP) is 1.40. The third-order valence-electron chi connectivity index (χ3n) is 2.61. The zero-order chi connectivity index (χ0) is 13.0. The van der Waals surface area contributed by atoms with E-state index in [9.17, 15) is 4.79 Å². The Morgan fingerprint density at radius 2 is 2.17 bits per heavy atom. The minimum Gasteiger partial charge on any atom is -0.461 e. The lowest BCUT2D eigenvalue weighted by Gasteiger charge is -2.05. The van der Waals surface area contributed by atoms with Gasteiger partial charge in [-0.15, -0.1) is 0 Å². The van der Waals surface area contributed by atoms with Crippen molar-refractivity contribution in [3.05, 3.63) is 48.0 Å². The number of nitrogens with two attached hydrogens (primary N) is 1. The molecule has 0 saturated carbocycles. The van der Waals surface area contributed by atoms with Gasteiger partial charge in [0.1, 0.15) is 5.69 Å². The number of hydrogen-bond acceptors (Lipinski definition) is 4. The molecule has 2 heterocycles. The molecule has 18 heavy (non-hydrogen) atoms. The molecule has 2 rings (SSSR count). The Labute approximate surface area is 105 Å². The van der Waals surface area contributed by atoms with Crippen LogP contribution in [0, 0.1) is 0 Å². The van der Waals surface area contributed by atoms with Crippen molar-refractivity contribution in [3.8, 4) is 0 Å². The first-order valence-electron chi connectivity index (χ1n) is 5.64. The zero-order valence-electron chi connectivity index (χ0n) is 10.2. The highest BCUT2D eigenvalue weighted by Crippen LogP contribution is 2.10. The fourth-order valence-corrected chi connectivity index (χ4v) is 1.68. The first-order chi connectivity index (χ1) is 8.66. The molecule has 2 aromatic heterocycles. The van der Waals surface area contributed by atoms with Crippen molar-refractivity contribution < 1.29 is 9.53 Å². The first-order valence-corrected chi connectivity index (χ1v) is 5.64. The van der Waals surface area contributed by atoms with E-state index in [4.69, 9.17) is 10.5 Å². The normalized spacial score (nSPS) is 10.3. The minimum absolute atomic E-state index is 0.341. The summed E-state index contributed by atoms with van der Waals surface area (Å²) in [5, 5.41) is 0. The molecule has 0 unspecified atom stereocenters. The molecule has 2 N–H and O–H groups in total. The Kier molecular flexibility index (Phi) is 3.62. The molecule has 0 aliphatic rings. The molecule has 0 aromatic carbocycles. The number of esters is 1. The summed E-state index contributed by atoms with van der Waals surface area (Å²) in [6.45, 7) is 0.341. The lowest BCUT2D eigenvalue weighted by Crippen LogP contribution is -2.11. The lowest BCUT2D eigenvalue weighted by molar-refractivity contribution is 0.0498. The molecule has 0 amide bonds. The Bertz CT molecular complexity index is 534. The van der Waals surface area contributed by atoms with Crippen LogP contribution in [0.15, 0.2) is 36.8 Å². The van der Waals surface area contributed by atoms with Gasteiger partial charge in [0.15, 0.2) is 0 Å². The summed E-state index contributed by atoms with van der Waals surface area (Å²) in [6, 6.07) is 5.40. The van der Waals surface area contributed by atoms with Crippen LogP contribution in [0.25, 0.3) is 0 Å². The van der Waals surface area contributed by atoms with Crippen LogP contribution >= 0.6 is 0 Å². The fraction of sp³-hybridized carbons (Fsp3) is 0.231. The van der Waals surface area contributed by atoms with Crippen LogP contribution in [0.5, 0.6) is 0 Å². The van der Waals surface area contributed by atoms with Crippen LogP contribution in [0.4, 0.5) is 5.69 Å².